The van der Waals surface area contributed by atoms with Gasteiger partial charge in [-0.2, -0.15) is 5.10 Å². The van der Waals surface area contributed by atoms with E-state index in [-0.39, 0.29) is 23.7 Å². The summed E-state index contributed by atoms with van der Waals surface area (Å²) in [5, 5.41) is 7.76. The van der Waals surface area contributed by atoms with Crippen LogP contribution in [0, 0.1) is 18.7 Å². The Labute approximate surface area is 162 Å². The number of nitrogens with one attached hydrogen (secondary N) is 1. The van der Waals surface area contributed by atoms with E-state index in [1.54, 1.807) is 34.1 Å². The van der Waals surface area contributed by atoms with Crippen LogP contribution in [0.25, 0.3) is 5.69 Å². The zero-order valence-corrected chi connectivity index (χ0v) is 15.8. The molecule has 1 saturated heterocycles. The molecule has 1 amide bonds. The number of amides is 1. The molecule has 0 bridgehead atoms. The molecule has 0 spiro atoms. The number of hydrogen-bond acceptors (Lipinski definition) is 5. The van der Waals surface area contributed by atoms with Gasteiger partial charge < -0.3 is 14.6 Å². The van der Waals surface area contributed by atoms with Gasteiger partial charge in [0.1, 0.15) is 11.6 Å². The van der Waals surface area contributed by atoms with Crippen LogP contribution in [0.4, 0.5) is 4.39 Å². The number of aryl methyl sites for hydroxylation is 1. The van der Waals surface area contributed by atoms with E-state index in [0.29, 0.717) is 25.4 Å². The molecule has 1 aliphatic rings. The first-order valence-corrected chi connectivity index (χ1v) is 9.19. The zero-order valence-electron chi connectivity index (χ0n) is 15.8. The Morgan fingerprint density at radius 3 is 2.79 bits per heavy atom. The van der Waals surface area contributed by atoms with Crippen molar-refractivity contribution in [1.82, 2.24) is 25.0 Å². The van der Waals surface area contributed by atoms with Gasteiger partial charge in [-0.1, -0.05) is 0 Å². The molecule has 3 aromatic rings. The molecule has 2 atom stereocenters. The monoisotopic (exact) mass is 383 g/mol. The normalized spacial score (nSPS) is 19.5. The SMILES string of the molecule is Cc1ncc(CNC[C@@H]2CC(=O)N(C)[C@H]2c2cnn(-c3ccc(F)cc3)c2)o1. The first-order chi connectivity index (χ1) is 13.5. The summed E-state index contributed by atoms with van der Waals surface area (Å²) >= 11 is 0. The number of hydrogen-bond donors (Lipinski definition) is 1. The fourth-order valence-corrected chi connectivity index (χ4v) is 3.72. The Kier molecular flexibility index (Phi) is 4.95. The van der Waals surface area contributed by atoms with Crippen molar-refractivity contribution in [2.45, 2.75) is 25.9 Å². The molecular weight excluding hydrogens is 361 g/mol. The minimum Gasteiger partial charge on any atom is -0.445 e. The lowest BCUT2D eigenvalue weighted by atomic mass is 9.95. The van der Waals surface area contributed by atoms with Crippen LogP contribution in [-0.4, -0.2) is 39.2 Å². The number of carbonyl (C=O) groups is 1. The van der Waals surface area contributed by atoms with Gasteiger partial charge >= 0.3 is 0 Å². The highest BCUT2D eigenvalue weighted by atomic mass is 19.1. The van der Waals surface area contributed by atoms with Gasteiger partial charge in [-0.05, 0) is 24.3 Å². The highest BCUT2D eigenvalue weighted by molar-refractivity contribution is 5.79. The molecule has 3 heterocycles. The minimum atomic E-state index is -0.287. The second-order valence-corrected chi connectivity index (χ2v) is 7.08. The van der Waals surface area contributed by atoms with Crippen LogP contribution < -0.4 is 5.32 Å². The zero-order chi connectivity index (χ0) is 19.7. The van der Waals surface area contributed by atoms with Crippen molar-refractivity contribution >= 4 is 5.91 Å². The van der Waals surface area contributed by atoms with Gasteiger partial charge in [-0.3, -0.25) is 4.79 Å². The molecule has 7 nitrogen and oxygen atoms in total. The predicted molar refractivity (Wildman–Crippen MR) is 100 cm³/mol. The minimum absolute atomic E-state index is 0.0642. The molecule has 1 aromatic carbocycles. The molecule has 1 aliphatic heterocycles. The molecule has 0 aliphatic carbocycles. The van der Waals surface area contributed by atoms with Crippen molar-refractivity contribution in [1.29, 1.82) is 0 Å². The number of halogens is 1. The van der Waals surface area contributed by atoms with Gasteiger partial charge in [-0.25, -0.2) is 14.1 Å². The number of nitrogens with zero attached hydrogens (tertiary/aromatic N) is 4. The van der Waals surface area contributed by atoms with E-state index in [4.69, 9.17) is 4.42 Å². The number of benzene rings is 1. The third-order valence-electron chi connectivity index (χ3n) is 5.10. The topological polar surface area (TPSA) is 76.2 Å². The van der Waals surface area contributed by atoms with Crippen LogP contribution in [0.2, 0.25) is 0 Å². The maximum absolute atomic E-state index is 13.1. The summed E-state index contributed by atoms with van der Waals surface area (Å²) in [4.78, 5) is 18.2. The molecule has 28 heavy (non-hydrogen) atoms. The molecule has 1 fully saturated rings. The standard InChI is InChI=1S/C20H22FN5O2/c1-13-23-11-18(28-13)10-22-8-14-7-19(27)25(2)20(14)15-9-24-26(12-15)17-5-3-16(21)4-6-17/h3-6,9,11-12,14,20,22H,7-8,10H2,1-2H3/t14-,20+/m0/s1. The van der Waals surface area contributed by atoms with Crippen molar-refractivity contribution in [3.63, 3.8) is 0 Å². The lowest BCUT2D eigenvalue weighted by Crippen LogP contribution is -2.28. The van der Waals surface area contributed by atoms with Crippen LogP contribution in [0.1, 0.15) is 29.7 Å². The Balaban J connectivity index is 1.47. The van der Waals surface area contributed by atoms with Crippen LogP contribution in [0.3, 0.4) is 0 Å². The Hall–Kier alpha value is -3.00. The first kappa shape index (κ1) is 18.4. The molecule has 4 rings (SSSR count). The summed E-state index contributed by atoms with van der Waals surface area (Å²) in [5.41, 5.74) is 1.73. The fraction of sp³-hybridized carbons (Fsp3) is 0.350. The van der Waals surface area contributed by atoms with Crippen molar-refractivity contribution in [3.8, 4) is 5.69 Å². The molecule has 0 radical (unpaired) electrons. The summed E-state index contributed by atoms with van der Waals surface area (Å²) < 4.78 is 20.3. The van der Waals surface area contributed by atoms with Gasteiger partial charge in [0.2, 0.25) is 5.91 Å². The smallest absolute Gasteiger partial charge is 0.223 e. The van der Waals surface area contributed by atoms with Crippen LogP contribution in [-0.2, 0) is 11.3 Å². The van der Waals surface area contributed by atoms with E-state index in [1.165, 1.54) is 12.1 Å². The summed E-state index contributed by atoms with van der Waals surface area (Å²) in [7, 11) is 1.82. The second-order valence-electron chi connectivity index (χ2n) is 7.08. The van der Waals surface area contributed by atoms with E-state index < -0.39 is 0 Å². The van der Waals surface area contributed by atoms with Crippen LogP contribution in [0.5, 0.6) is 0 Å². The summed E-state index contributed by atoms with van der Waals surface area (Å²) in [6.45, 7) is 3.04. The van der Waals surface area contributed by atoms with Crippen LogP contribution in [0.15, 0.2) is 47.3 Å². The largest absolute Gasteiger partial charge is 0.445 e. The van der Waals surface area contributed by atoms with E-state index >= 15 is 0 Å². The highest BCUT2D eigenvalue weighted by Gasteiger charge is 2.38. The van der Waals surface area contributed by atoms with Crippen molar-refractivity contribution in [3.05, 3.63) is 65.9 Å². The summed E-state index contributed by atoms with van der Waals surface area (Å²) in [6.07, 6.45) is 5.86. The van der Waals surface area contributed by atoms with Crippen LogP contribution >= 0.6 is 0 Å². The molecule has 0 unspecified atom stereocenters. The van der Waals surface area contributed by atoms with Crippen molar-refractivity contribution < 1.29 is 13.6 Å². The van der Waals surface area contributed by atoms with Gasteiger partial charge in [0.25, 0.3) is 0 Å². The molecular formula is C20H22FN5O2. The number of carbonyl (C=O) groups excluding carboxylic acids is 1. The molecule has 0 saturated carbocycles. The summed E-state index contributed by atoms with van der Waals surface area (Å²) in [5.74, 6) is 1.36. The number of aromatic nitrogens is 3. The lowest BCUT2D eigenvalue weighted by Gasteiger charge is -2.24. The Morgan fingerprint density at radius 1 is 1.29 bits per heavy atom. The highest BCUT2D eigenvalue weighted by Crippen LogP contribution is 2.36. The Bertz CT molecular complexity index is 965. The Morgan fingerprint density at radius 2 is 2.07 bits per heavy atom. The molecule has 1 N–H and O–H groups in total. The fourth-order valence-electron chi connectivity index (χ4n) is 3.72. The molecule has 2 aromatic heterocycles. The average molecular weight is 383 g/mol. The van der Waals surface area contributed by atoms with E-state index in [9.17, 15) is 9.18 Å². The van der Waals surface area contributed by atoms with E-state index in [0.717, 1.165) is 17.0 Å². The van der Waals surface area contributed by atoms with Gasteiger partial charge in [0.15, 0.2) is 5.89 Å². The van der Waals surface area contributed by atoms with Gasteiger partial charge in [0.05, 0.1) is 30.7 Å². The van der Waals surface area contributed by atoms with Gasteiger partial charge in [0, 0.05) is 44.6 Å². The first-order valence-electron chi connectivity index (χ1n) is 9.19. The molecule has 146 valence electrons. The molecule has 8 heteroatoms. The number of oxazole rings is 1. The average Bonchev–Trinajstić information content (AvgIpc) is 3.37. The maximum atomic E-state index is 13.1. The number of rotatable bonds is 6. The van der Waals surface area contributed by atoms with Gasteiger partial charge in [-0.15, -0.1) is 0 Å². The third kappa shape index (κ3) is 3.68. The lowest BCUT2D eigenvalue weighted by molar-refractivity contribution is -0.127. The maximum Gasteiger partial charge on any atom is 0.223 e. The quantitative estimate of drug-likeness (QED) is 0.708. The van der Waals surface area contributed by atoms with Crippen molar-refractivity contribution in [2.75, 3.05) is 13.6 Å². The van der Waals surface area contributed by atoms with E-state index in [1.807, 2.05) is 20.2 Å². The van der Waals surface area contributed by atoms with E-state index in [2.05, 4.69) is 15.4 Å². The third-order valence-corrected chi connectivity index (χ3v) is 5.10. The van der Waals surface area contributed by atoms with Crippen molar-refractivity contribution in [2.24, 2.45) is 5.92 Å². The predicted octanol–water partition coefficient (Wildman–Crippen LogP) is 2.62. The number of likely N-dealkylation sites (tertiary alicyclic amines) is 1. The second kappa shape index (κ2) is 7.55. The summed E-state index contributed by atoms with van der Waals surface area (Å²) in [6, 6.07) is 6.09.